The summed E-state index contributed by atoms with van der Waals surface area (Å²) >= 11 is 0. The van der Waals surface area contributed by atoms with E-state index in [-0.39, 0.29) is 12.5 Å². The fraction of sp³-hybridized carbons (Fsp3) is 0.643. The molecule has 0 saturated carbocycles. The van der Waals surface area contributed by atoms with Crippen LogP contribution in [0.1, 0.15) is 97.0 Å². The molecule has 0 aliphatic rings. The molecule has 2 unspecified atom stereocenters. The highest BCUT2D eigenvalue weighted by Crippen LogP contribution is 2.20. The third kappa shape index (κ3) is 10.1. The Balaban J connectivity index is 1.65. The van der Waals surface area contributed by atoms with E-state index in [4.69, 9.17) is 4.74 Å². The second-order valence-corrected chi connectivity index (χ2v) is 9.08. The summed E-state index contributed by atoms with van der Waals surface area (Å²) in [5.74, 6) is 1.17. The van der Waals surface area contributed by atoms with Crippen LogP contribution in [0.25, 0.3) is 11.4 Å². The molecule has 2 rings (SSSR count). The van der Waals surface area contributed by atoms with Crippen LogP contribution in [-0.4, -0.2) is 22.7 Å². The number of alkyl halides is 1. The third-order valence-corrected chi connectivity index (χ3v) is 6.33. The van der Waals surface area contributed by atoms with E-state index in [0.717, 1.165) is 18.4 Å². The molecule has 2 atom stereocenters. The lowest BCUT2D eigenvalue weighted by Gasteiger charge is -2.15. The molecule has 178 valence electrons. The first-order valence-corrected chi connectivity index (χ1v) is 12.8. The lowest BCUT2D eigenvalue weighted by molar-refractivity contribution is 0.145. The highest BCUT2D eigenvalue weighted by Gasteiger charge is 2.15. The number of aromatic nitrogens is 2. The van der Waals surface area contributed by atoms with Gasteiger partial charge in [0.05, 0.1) is 12.4 Å². The van der Waals surface area contributed by atoms with Gasteiger partial charge >= 0.3 is 0 Å². The molecule has 1 aromatic carbocycles. The lowest BCUT2D eigenvalue weighted by Crippen LogP contribution is -2.20. The summed E-state index contributed by atoms with van der Waals surface area (Å²) in [7, 11) is 0. The van der Waals surface area contributed by atoms with Crippen LogP contribution in [0.15, 0.2) is 36.7 Å². The van der Waals surface area contributed by atoms with Crippen molar-refractivity contribution in [2.45, 2.75) is 104 Å². The third-order valence-electron chi connectivity index (χ3n) is 6.33. The van der Waals surface area contributed by atoms with Gasteiger partial charge in [0.25, 0.3) is 0 Å². The molecule has 0 bridgehead atoms. The lowest BCUT2D eigenvalue weighted by atomic mass is 10.0. The summed E-state index contributed by atoms with van der Waals surface area (Å²) in [6.45, 7) is 6.20. The molecule has 4 heteroatoms. The van der Waals surface area contributed by atoms with Crippen LogP contribution in [0.2, 0.25) is 0 Å². The van der Waals surface area contributed by atoms with Crippen molar-refractivity contribution in [2.24, 2.45) is 5.92 Å². The number of unbranched alkanes of at least 4 members (excludes halogenated alkanes) is 9. The van der Waals surface area contributed by atoms with E-state index in [9.17, 15) is 4.39 Å². The molecule has 2 aromatic rings. The van der Waals surface area contributed by atoms with Gasteiger partial charge in [0.1, 0.15) is 12.8 Å². The van der Waals surface area contributed by atoms with Crippen molar-refractivity contribution in [1.29, 1.82) is 0 Å². The molecule has 0 N–H and O–H groups in total. The number of aryl methyl sites for hydroxylation is 1. The molecule has 0 amide bonds. The molecule has 0 spiro atoms. The van der Waals surface area contributed by atoms with Gasteiger partial charge in [-0.25, -0.2) is 14.4 Å². The predicted octanol–water partition coefficient (Wildman–Crippen LogP) is 8.37. The number of benzene rings is 1. The van der Waals surface area contributed by atoms with Gasteiger partial charge in [0.15, 0.2) is 11.6 Å². The van der Waals surface area contributed by atoms with Crippen molar-refractivity contribution in [3.63, 3.8) is 0 Å². The van der Waals surface area contributed by atoms with Crippen LogP contribution in [-0.2, 0) is 6.42 Å². The van der Waals surface area contributed by atoms with Crippen LogP contribution >= 0.6 is 0 Å². The van der Waals surface area contributed by atoms with Crippen molar-refractivity contribution in [3.05, 3.63) is 42.2 Å². The van der Waals surface area contributed by atoms with E-state index >= 15 is 0 Å². The van der Waals surface area contributed by atoms with E-state index in [0.29, 0.717) is 11.6 Å². The van der Waals surface area contributed by atoms with Gasteiger partial charge in [-0.15, -0.1) is 0 Å². The average molecular weight is 443 g/mol. The predicted molar refractivity (Wildman–Crippen MR) is 133 cm³/mol. The molecule has 0 saturated heterocycles. The number of hydrogen-bond donors (Lipinski definition) is 0. The maximum Gasteiger partial charge on any atom is 0.159 e. The topological polar surface area (TPSA) is 35.0 Å². The standard InChI is InChI=1S/C28H43FN2O/c1-4-6-7-8-9-10-11-12-13-14-15-24-16-18-25(19-17-24)28-30-20-26(21-31-28)32-22-27(29)23(3)5-2/h16-21,23,27H,4-15,22H2,1-3H3. The molecule has 1 heterocycles. The number of rotatable bonds is 17. The highest BCUT2D eigenvalue weighted by atomic mass is 19.1. The first-order chi connectivity index (χ1) is 15.6. The smallest absolute Gasteiger partial charge is 0.159 e. The van der Waals surface area contributed by atoms with Crippen LogP contribution in [0, 0.1) is 5.92 Å². The fourth-order valence-electron chi connectivity index (χ4n) is 3.77. The summed E-state index contributed by atoms with van der Waals surface area (Å²) in [6.07, 6.45) is 17.9. The largest absolute Gasteiger partial charge is 0.487 e. The molecule has 0 aliphatic carbocycles. The number of nitrogens with zero attached hydrogens (tertiary/aromatic N) is 2. The molecular formula is C28H43FN2O. The zero-order chi connectivity index (χ0) is 23.0. The van der Waals surface area contributed by atoms with E-state index in [2.05, 4.69) is 41.2 Å². The Morgan fingerprint density at radius 2 is 1.38 bits per heavy atom. The van der Waals surface area contributed by atoms with Crippen molar-refractivity contribution < 1.29 is 9.13 Å². The molecule has 1 aromatic heterocycles. The normalized spacial score (nSPS) is 13.1. The zero-order valence-corrected chi connectivity index (χ0v) is 20.5. The number of ether oxygens (including phenoxy) is 1. The first kappa shape index (κ1) is 26.3. The summed E-state index contributed by atoms with van der Waals surface area (Å²) in [6, 6.07) is 8.53. The van der Waals surface area contributed by atoms with Gasteiger partial charge in [0, 0.05) is 5.56 Å². The van der Waals surface area contributed by atoms with Gasteiger partial charge in [-0.2, -0.15) is 0 Å². The Labute approximate surface area is 195 Å². The van der Waals surface area contributed by atoms with Crippen LogP contribution in [0.5, 0.6) is 5.75 Å². The quantitative estimate of drug-likeness (QED) is 0.231. The molecule has 0 fully saturated rings. The van der Waals surface area contributed by atoms with Gasteiger partial charge in [-0.05, 0) is 24.3 Å². The Hall–Kier alpha value is -1.97. The van der Waals surface area contributed by atoms with Gasteiger partial charge in [-0.1, -0.05) is 109 Å². The summed E-state index contributed by atoms with van der Waals surface area (Å²) in [4.78, 5) is 8.78. The maximum atomic E-state index is 13.9. The minimum absolute atomic E-state index is 0.00553. The fourth-order valence-corrected chi connectivity index (χ4v) is 3.77. The SMILES string of the molecule is CCCCCCCCCCCCc1ccc(-c2ncc(OCC(F)C(C)CC)cn2)cc1. The van der Waals surface area contributed by atoms with E-state index < -0.39 is 6.17 Å². The molecule has 0 radical (unpaired) electrons. The Morgan fingerprint density at radius 3 is 1.94 bits per heavy atom. The first-order valence-electron chi connectivity index (χ1n) is 12.8. The molecule has 3 nitrogen and oxygen atoms in total. The van der Waals surface area contributed by atoms with Crippen molar-refractivity contribution in [2.75, 3.05) is 6.61 Å². The van der Waals surface area contributed by atoms with Gasteiger partial charge < -0.3 is 4.74 Å². The average Bonchev–Trinajstić information content (AvgIpc) is 2.84. The Kier molecular flexibility index (Phi) is 13.0. The minimum Gasteiger partial charge on any atom is -0.487 e. The maximum absolute atomic E-state index is 13.9. The minimum atomic E-state index is -0.970. The van der Waals surface area contributed by atoms with Gasteiger partial charge in [-0.3, -0.25) is 0 Å². The molecule has 0 aliphatic heterocycles. The second kappa shape index (κ2) is 15.8. The van der Waals surface area contributed by atoms with E-state index in [1.165, 1.54) is 69.8 Å². The van der Waals surface area contributed by atoms with E-state index in [1.54, 1.807) is 12.4 Å². The highest BCUT2D eigenvalue weighted by molar-refractivity contribution is 5.55. The van der Waals surface area contributed by atoms with Crippen LogP contribution in [0.3, 0.4) is 0 Å². The second-order valence-electron chi connectivity index (χ2n) is 9.08. The summed E-state index contributed by atoms with van der Waals surface area (Å²) in [5, 5.41) is 0. The Bertz CT molecular complexity index is 717. The number of hydrogen-bond acceptors (Lipinski definition) is 3. The van der Waals surface area contributed by atoms with Crippen molar-refractivity contribution in [1.82, 2.24) is 9.97 Å². The van der Waals surface area contributed by atoms with Gasteiger partial charge in [0.2, 0.25) is 0 Å². The Morgan fingerprint density at radius 1 is 0.812 bits per heavy atom. The molecule has 32 heavy (non-hydrogen) atoms. The molecular weight excluding hydrogens is 399 g/mol. The van der Waals surface area contributed by atoms with Crippen molar-refractivity contribution >= 4 is 0 Å². The number of halogens is 1. The van der Waals surface area contributed by atoms with Crippen molar-refractivity contribution in [3.8, 4) is 17.1 Å². The summed E-state index contributed by atoms with van der Waals surface area (Å²) < 4.78 is 19.4. The zero-order valence-electron chi connectivity index (χ0n) is 20.5. The summed E-state index contributed by atoms with van der Waals surface area (Å²) in [5.41, 5.74) is 2.36. The van der Waals surface area contributed by atoms with E-state index in [1.807, 2.05) is 13.8 Å². The van der Waals surface area contributed by atoms with Crippen LogP contribution in [0.4, 0.5) is 4.39 Å². The van der Waals surface area contributed by atoms with Crippen LogP contribution < -0.4 is 4.74 Å². The monoisotopic (exact) mass is 442 g/mol.